The molecule has 0 amide bonds. The van der Waals surface area contributed by atoms with Crippen LogP contribution in [-0.4, -0.2) is 52.3 Å². The van der Waals surface area contributed by atoms with Crippen LogP contribution in [0.1, 0.15) is 85.5 Å². The average Bonchev–Trinajstić information content (AvgIpc) is 3.27. The molecule has 1 fully saturated rings. The Morgan fingerprint density at radius 1 is 1.22 bits per heavy atom. The van der Waals surface area contributed by atoms with Crippen molar-refractivity contribution in [3.63, 3.8) is 0 Å². The van der Waals surface area contributed by atoms with Crippen LogP contribution in [0.5, 0.6) is 0 Å². The number of aliphatic hydroxyl groups is 1. The molecule has 4 rings (SSSR count). The van der Waals surface area contributed by atoms with Crippen molar-refractivity contribution in [2.75, 3.05) is 13.7 Å². The summed E-state index contributed by atoms with van der Waals surface area (Å²) in [6, 6.07) is 0.400. The van der Waals surface area contributed by atoms with E-state index in [1.54, 1.807) is 7.11 Å². The summed E-state index contributed by atoms with van der Waals surface area (Å²) in [5.41, 5.74) is 2.77. The van der Waals surface area contributed by atoms with Gasteiger partial charge >= 0.3 is 0 Å². The second-order valence-corrected chi connectivity index (χ2v) is 12.3. The van der Waals surface area contributed by atoms with Crippen LogP contribution >= 0.6 is 11.8 Å². The van der Waals surface area contributed by atoms with E-state index >= 15 is 0 Å². The van der Waals surface area contributed by atoms with Gasteiger partial charge in [-0.1, -0.05) is 58.3 Å². The van der Waals surface area contributed by atoms with Gasteiger partial charge in [0.05, 0.1) is 18.5 Å². The van der Waals surface area contributed by atoms with E-state index in [9.17, 15) is 5.11 Å². The minimum absolute atomic E-state index is 0.160. The Bertz CT molecular complexity index is 904. The fourth-order valence-corrected chi connectivity index (χ4v) is 8.05. The van der Waals surface area contributed by atoms with Crippen molar-refractivity contribution in [2.45, 2.75) is 108 Å². The molecule has 0 saturated carbocycles. The zero-order valence-corrected chi connectivity index (χ0v) is 24.0. The summed E-state index contributed by atoms with van der Waals surface area (Å²) in [4.78, 5) is 8.19. The van der Waals surface area contributed by atoms with Gasteiger partial charge in [-0.25, -0.2) is 0 Å². The maximum Gasteiger partial charge on any atom is 0.114 e. The van der Waals surface area contributed by atoms with E-state index < -0.39 is 0 Å². The van der Waals surface area contributed by atoms with Crippen LogP contribution in [0.3, 0.4) is 0 Å². The zero-order chi connectivity index (χ0) is 25.7. The molecule has 0 radical (unpaired) electrons. The highest BCUT2D eigenvalue weighted by Crippen LogP contribution is 2.52. The summed E-state index contributed by atoms with van der Waals surface area (Å²) in [5.74, 6) is 3.78. The number of amidine groups is 1. The Hall–Kier alpha value is -1.46. The zero-order valence-electron chi connectivity index (χ0n) is 23.2. The number of nitrogens with zero attached hydrogens (tertiary/aromatic N) is 2. The van der Waals surface area contributed by atoms with Gasteiger partial charge < -0.3 is 14.7 Å². The molecular weight excluding hydrogens is 464 g/mol. The van der Waals surface area contributed by atoms with Gasteiger partial charge in [-0.05, 0) is 74.7 Å². The van der Waals surface area contributed by atoms with Gasteiger partial charge in [0.2, 0.25) is 0 Å². The number of hydrogen-bond acceptors (Lipinski definition) is 5. The van der Waals surface area contributed by atoms with E-state index in [0.29, 0.717) is 23.8 Å². The highest BCUT2D eigenvalue weighted by atomic mass is 32.2. The number of rotatable bonds is 12. The minimum atomic E-state index is -0.386. The van der Waals surface area contributed by atoms with E-state index in [2.05, 4.69) is 63.0 Å². The van der Waals surface area contributed by atoms with Crippen LogP contribution in [0.15, 0.2) is 52.3 Å². The number of hydrogen-bond donors (Lipinski definition) is 1. The molecule has 200 valence electrons. The third kappa shape index (κ3) is 5.99. The van der Waals surface area contributed by atoms with Crippen LogP contribution in [0, 0.1) is 17.8 Å². The van der Waals surface area contributed by atoms with Gasteiger partial charge in [-0.3, -0.25) is 4.99 Å². The molecule has 0 bridgehead atoms. The second kappa shape index (κ2) is 12.9. The number of ether oxygens (including phenoxy) is 1. The summed E-state index contributed by atoms with van der Waals surface area (Å²) in [6.07, 6.45) is 21.3. The predicted octanol–water partition coefficient (Wildman–Crippen LogP) is 7.28. The van der Waals surface area contributed by atoms with E-state index in [4.69, 9.17) is 9.73 Å². The molecule has 36 heavy (non-hydrogen) atoms. The Morgan fingerprint density at radius 2 is 2.03 bits per heavy atom. The van der Waals surface area contributed by atoms with Gasteiger partial charge in [-0.2, -0.15) is 0 Å². The first-order valence-electron chi connectivity index (χ1n) is 14.5. The highest BCUT2D eigenvalue weighted by Gasteiger charge is 2.50. The third-order valence-electron chi connectivity index (χ3n) is 8.63. The average molecular weight is 513 g/mol. The maximum atomic E-state index is 11.1. The van der Waals surface area contributed by atoms with Crippen molar-refractivity contribution in [3.05, 3.63) is 47.3 Å². The van der Waals surface area contributed by atoms with E-state index in [1.807, 2.05) is 11.8 Å². The Morgan fingerprint density at radius 3 is 2.69 bits per heavy atom. The standard InChI is InChI=1S/C31H48N2O2S/c1-6-9-11-23-19-26-28-21(4)33(18-17-22-13-15-25(35-5)16-14-22)30(24(8-3)12-10-7-2)32-31(28)36-29(26)27(34)20-23/h13,15-16,19-22,24,27-29,31,34H,6-12,14,17-18H2,1-5H3. The molecule has 2 aliphatic heterocycles. The van der Waals surface area contributed by atoms with Gasteiger partial charge in [0.25, 0.3) is 0 Å². The summed E-state index contributed by atoms with van der Waals surface area (Å²) >= 11 is 1.91. The van der Waals surface area contributed by atoms with Crippen LogP contribution in [0.4, 0.5) is 0 Å². The van der Waals surface area contributed by atoms with Gasteiger partial charge in [0.1, 0.15) is 17.0 Å². The molecule has 7 unspecified atom stereocenters. The number of aliphatic imine (C=N–C) groups is 1. The van der Waals surface area contributed by atoms with Gasteiger partial charge in [0, 0.05) is 24.4 Å². The number of aliphatic hydroxyl groups excluding tert-OH is 1. The number of allylic oxidation sites excluding steroid dienone is 5. The van der Waals surface area contributed by atoms with Crippen molar-refractivity contribution < 1.29 is 9.84 Å². The first-order valence-corrected chi connectivity index (χ1v) is 15.5. The SMILES string of the molecule is CCCCC1=CC(O)C2SC3N=C(C(CC)CCCC)N(CCC4C=CC(OC)=CC4)C(C)C3C2=C1. The highest BCUT2D eigenvalue weighted by molar-refractivity contribution is 8.01. The van der Waals surface area contributed by atoms with Gasteiger partial charge in [0.15, 0.2) is 0 Å². The molecule has 1 saturated heterocycles. The lowest BCUT2D eigenvalue weighted by Gasteiger charge is -2.44. The molecule has 2 heterocycles. The largest absolute Gasteiger partial charge is 0.497 e. The Kier molecular flexibility index (Phi) is 9.85. The monoisotopic (exact) mass is 512 g/mol. The topological polar surface area (TPSA) is 45.1 Å². The lowest BCUT2D eigenvalue weighted by atomic mass is 9.81. The number of methoxy groups -OCH3 is 1. The minimum Gasteiger partial charge on any atom is -0.497 e. The normalized spacial score (nSPS) is 32.2. The molecule has 0 aromatic rings. The maximum absolute atomic E-state index is 11.1. The number of thioether (sulfide) groups is 1. The fourth-order valence-electron chi connectivity index (χ4n) is 6.40. The van der Waals surface area contributed by atoms with Crippen molar-refractivity contribution in [1.82, 2.24) is 4.90 Å². The summed E-state index contributed by atoms with van der Waals surface area (Å²) in [6.45, 7) is 10.3. The lowest BCUT2D eigenvalue weighted by molar-refractivity contribution is 0.203. The molecule has 4 nitrogen and oxygen atoms in total. The van der Waals surface area contributed by atoms with Crippen molar-refractivity contribution >= 4 is 17.6 Å². The molecule has 2 aliphatic carbocycles. The molecule has 1 N–H and O–H groups in total. The van der Waals surface area contributed by atoms with E-state index in [1.165, 1.54) is 49.1 Å². The van der Waals surface area contributed by atoms with E-state index in [0.717, 1.165) is 38.0 Å². The molecule has 0 aromatic heterocycles. The summed E-state index contributed by atoms with van der Waals surface area (Å²) in [5, 5.41) is 11.5. The van der Waals surface area contributed by atoms with Crippen LogP contribution < -0.4 is 0 Å². The van der Waals surface area contributed by atoms with Gasteiger partial charge in [-0.15, -0.1) is 11.8 Å². The molecule has 4 aliphatic rings. The number of unbranched alkanes of at least 4 members (excludes halogenated alkanes) is 2. The first kappa shape index (κ1) is 27.6. The summed E-state index contributed by atoms with van der Waals surface area (Å²) < 4.78 is 5.40. The lowest BCUT2D eigenvalue weighted by Crippen LogP contribution is -2.52. The fraction of sp³-hybridized carbons (Fsp3) is 0.710. The molecule has 5 heteroatoms. The molecular formula is C31H48N2O2S. The van der Waals surface area contributed by atoms with Crippen LogP contribution in [-0.2, 0) is 4.74 Å². The first-order chi connectivity index (χ1) is 17.5. The van der Waals surface area contributed by atoms with Crippen molar-refractivity contribution in [2.24, 2.45) is 22.7 Å². The smallest absolute Gasteiger partial charge is 0.114 e. The number of fused-ring (bicyclic) bond motifs is 3. The Labute approximate surface area is 224 Å². The quantitative estimate of drug-likeness (QED) is 0.298. The van der Waals surface area contributed by atoms with E-state index in [-0.39, 0.29) is 16.7 Å². The van der Waals surface area contributed by atoms with Crippen molar-refractivity contribution in [1.29, 1.82) is 0 Å². The molecule has 0 spiro atoms. The van der Waals surface area contributed by atoms with Crippen LogP contribution in [0.25, 0.3) is 0 Å². The van der Waals surface area contributed by atoms with Crippen LogP contribution in [0.2, 0.25) is 0 Å². The Balaban J connectivity index is 1.58. The predicted molar refractivity (Wildman–Crippen MR) is 154 cm³/mol. The molecule has 7 atom stereocenters. The van der Waals surface area contributed by atoms with Crippen molar-refractivity contribution in [3.8, 4) is 0 Å². The molecule has 0 aromatic carbocycles. The summed E-state index contributed by atoms with van der Waals surface area (Å²) in [7, 11) is 1.75. The second-order valence-electron chi connectivity index (χ2n) is 11.1. The third-order valence-corrected chi connectivity index (χ3v) is 10.2.